The van der Waals surface area contributed by atoms with Crippen molar-refractivity contribution in [3.8, 4) is 17.3 Å². The molecule has 0 unspecified atom stereocenters. The summed E-state index contributed by atoms with van der Waals surface area (Å²) in [5.74, 6) is 0.297. The third kappa shape index (κ3) is 5.17. The average Bonchev–Trinajstić information content (AvgIpc) is 3.71. The summed E-state index contributed by atoms with van der Waals surface area (Å²) in [4.78, 5) is 46.6. The van der Waals surface area contributed by atoms with Crippen molar-refractivity contribution in [1.29, 1.82) is 0 Å². The molecule has 1 fully saturated rings. The molecule has 1 aliphatic rings. The second-order valence-corrected chi connectivity index (χ2v) is 9.47. The minimum atomic E-state index is -0.605. The molecule has 0 atom stereocenters. The number of carbonyl (C=O) groups is 2. The highest BCUT2D eigenvalue weighted by molar-refractivity contribution is 6.04. The molecular formula is C29H23FN6O4. The first-order valence-corrected chi connectivity index (χ1v) is 12.6. The number of pyridine rings is 3. The lowest BCUT2D eigenvalue weighted by atomic mass is 10.2. The molecule has 10 nitrogen and oxygen atoms in total. The monoisotopic (exact) mass is 538 g/mol. The number of halogens is 1. The van der Waals surface area contributed by atoms with E-state index >= 15 is 0 Å². The summed E-state index contributed by atoms with van der Waals surface area (Å²) in [5.41, 5.74) is 1.48. The molecule has 2 N–H and O–H groups in total. The van der Waals surface area contributed by atoms with Crippen molar-refractivity contribution in [1.82, 2.24) is 18.9 Å². The molecule has 40 heavy (non-hydrogen) atoms. The first-order valence-electron chi connectivity index (χ1n) is 12.6. The number of amides is 2. The Morgan fingerprint density at radius 3 is 2.50 bits per heavy atom. The number of aryl methyl sites for hydroxylation is 1. The molecule has 6 rings (SSSR count). The Morgan fingerprint density at radius 2 is 1.77 bits per heavy atom. The van der Waals surface area contributed by atoms with Gasteiger partial charge in [0.25, 0.3) is 11.5 Å². The van der Waals surface area contributed by atoms with Gasteiger partial charge in [0.2, 0.25) is 11.8 Å². The predicted molar refractivity (Wildman–Crippen MR) is 146 cm³/mol. The summed E-state index contributed by atoms with van der Waals surface area (Å²) in [5, 5.41) is 5.50. The fraction of sp³-hybridized carbons (Fsp3) is 0.138. The zero-order valence-electron chi connectivity index (χ0n) is 21.3. The maximum atomic E-state index is 13.3. The lowest BCUT2D eigenvalue weighted by molar-refractivity contribution is -0.117. The molecule has 0 saturated heterocycles. The Kier molecular flexibility index (Phi) is 6.31. The summed E-state index contributed by atoms with van der Waals surface area (Å²) in [7, 11) is 0. The number of nitrogens with one attached hydrogen (secondary N) is 2. The van der Waals surface area contributed by atoms with Gasteiger partial charge in [0, 0.05) is 23.4 Å². The van der Waals surface area contributed by atoms with Crippen LogP contribution in [0.2, 0.25) is 0 Å². The fourth-order valence-electron chi connectivity index (χ4n) is 4.21. The standard InChI is InChI=1S/C29H23FN6O4/c1-17-2-11-23(29(39)36(17)21-8-5-19(30)6-9-21)28(38)32-20-7-13-26(31-14-20)40-22-10-12-25-33-24(16-35(25)15-22)34-27(37)18-3-4-18/h2,5-16,18H,3-4H2,1H3,(H,32,38)(H,34,37). The SMILES string of the molecule is Cc1ccc(C(=O)Nc2ccc(Oc3ccc4nc(NC(=O)C5CC5)cn4c3)nc2)c(=O)n1-c1ccc(F)cc1. The van der Waals surface area contributed by atoms with E-state index in [2.05, 4.69) is 20.6 Å². The molecule has 2 amide bonds. The molecule has 0 bridgehead atoms. The molecule has 0 aliphatic heterocycles. The summed E-state index contributed by atoms with van der Waals surface area (Å²) in [6, 6.07) is 15.2. The van der Waals surface area contributed by atoms with Gasteiger partial charge in [0.15, 0.2) is 5.82 Å². The van der Waals surface area contributed by atoms with Crippen LogP contribution in [-0.4, -0.2) is 30.8 Å². The number of imidazole rings is 1. The molecule has 4 aromatic heterocycles. The van der Waals surface area contributed by atoms with E-state index in [-0.39, 0.29) is 23.3 Å². The zero-order valence-corrected chi connectivity index (χ0v) is 21.3. The molecular weight excluding hydrogens is 515 g/mol. The van der Waals surface area contributed by atoms with E-state index in [4.69, 9.17) is 4.74 Å². The highest BCUT2D eigenvalue weighted by Crippen LogP contribution is 2.30. The van der Waals surface area contributed by atoms with Crippen molar-refractivity contribution in [2.75, 3.05) is 10.6 Å². The Bertz CT molecular complexity index is 1810. The maximum Gasteiger partial charge on any atom is 0.268 e. The summed E-state index contributed by atoms with van der Waals surface area (Å²) >= 11 is 0. The van der Waals surface area contributed by atoms with Gasteiger partial charge in [-0.15, -0.1) is 0 Å². The van der Waals surface area contributed by atoms with Gasteiger partial charge in [0.05, 0.1) is 24.3 Å². The van der Waals surface area contributed by atoms with E-state index in [0.29, 0.717) is 34.3 Å². The first kappa shape index (κ1) is 25.0. The minimum Gasteiger partial charge on any atom is -0.437 e. The van der Waals surface area contributed by atoms with E-state index < -0.39 is 17.3 Å². The number of aromatic nitrogens is 4. The van der Waals surface area contributed by atoms with Crippen molar-refractivity contribution >= 4 is 29.0 Å². The van der Waals surface area contributed by atoms with Crippen LogP contribution in [0.1, 0.15) is 28.9 Å². The zero-order chi connectivity index (χ0) is 27.8. The largest absolute Gasteiger partial charge is 0.437 e. The Balaban J connectivity index is 1.14. The molecule has 11 heteroatoms. The second kappa shape index (κ2) is 10.1. The second-order valence-electron chi connectivity index (χ2n) is 9.47. The normalized spacial score (nSPS) is 12.8. The number of rotatable bonds is 7. The van der Waals surface area contributed by atoms with Crippen LogP contribution in [0, 0.1) is 18.7 Å². The van der Waals surface area contributed by atoms with Crippen LogP contribution in [0.5, 0.6) is 11.6 Å². The van der Waals surface area contributed by atoms with E-state index in [0.717, 1.165) is 12.8 Å². The van der Waals surface area contributed by atoms with Crippen LogP contribution in [-0.2, 0) is 4.79 Å². The third-order valence-electron chi connectivity index (χ3n) is 6.45. The maximum absolute atomic E-state index is 13.3. The number of anilines is 2. The van der Waals surface area contributed by atoms with E-state index in [1.165, 1.54) is 41.1 Å². The molecule has 1 aliphatic carbocycles. The molecule has 4 heterocycles. The smallest absolute Gasteiger partial charge is 0.268 e. The molecule has 1 aromatic carbocycles. The van der Waals surface area contributed by atoms with Gasteiger partial charge >= 0.3 is 0 Å². The van der Waals surface area contributed by atoms with Gasteiger partial charge in [0.1, 0.15) is 22.8 Å². The van der Waals surface area contributed by atoms with Crippen LogP contribution in [0.25, 0.3) is 11.3 Å². The first-order chi connectivity index (χ1) is 19.3. The Labute approximate surface area is 227 Å². The lowest BCUT2D eigenvalue weighted by Crippen LogP contribution is -2.29. The fourth-order valence-corrected chi connectivity index (χ4v) is 4.21. The number of ether oxygens (including phenoxy) is 1. The summed E-state index contributed by atoms with van der Waals surface area (Å²) < 4.78 is 22.3. The van der Waals surface area contributed by atoms with Crippen molar-refractivity contribution in [3.63, 3.8) is 0 Å². The summed E-state index contributed by atoms with van der Waals surface area (Å²) in [6.07, 6.45) is 6.67. The highest BCUT2D eigenvalue weighted by atomic mass is 19.1. The quantitative estimate of drug-likeness (QED) is 0.310. The van der Waals surface area contributed by atoms with Gasteiger partial charge in [-0.1, -0.05) is 0 Å². The van der Waals surface area contributed by atoms with Gasteiger partial charge in [-0.3, -0.25) is 19.0 Å². The molecule has 1 saturated carbocycles. The highest BCUT2D eigenvalue weighted by Gasteiger charge is 2.30. The molecule has 5 aromatic rings. The van der Waals surface area contributed by atoms with Gasteiger partial charge in [-0.05, 0) is 74.4 Å². The topological polar surface area (TPSA) is 120 Å². The lowest BCUT2D eigenvalue weighted by Gasteiger charge is -2.12. The number of benzene rings is 1. The molecule has 200 valence electrons. The van der Waals surface area contributed by atoms with Crippen molar-refractivity contribution in [2.24, 2.45) is 5.92 Å². The number of carbonyl (C=O) groups excluding carboxylic acids is 2. The number of fused-ring (bicyclic) bond motifs is 1. The average molecular weight is 539 g/mol. The van der Waals surface area contributed by atoms with E-state index in [9.17, 15) is 18.8 Å². The van der Waals surface area contributed by atoms with E-state index in [1.807, 2.05) is 0 Å². The van der Waals surface area contributed by atoms with Crippen LogP contribution in [0.4, 0.5) is 15.9 Å². The van der Waals surface area contributed by atoms with E-state index in [1.54, 1.807) is 54.0 Å². The minimum absolute atomic E-state index is 0.0165. The number of hydrogen-bond acceptors (Lipinski definition) is 6. The predicted octanol–water partition coefficient (Wildman–Crippen LogP) is 4.72. The van der Waals surface area contributed by atoms with Crippen molar-refractivity contribution in [3.05, 3.63) is 107 Å². The molecule has 0 spiro atoms. The van der Waals surface area contributed by atoms with Crippen molar-refractivity contribution in [2.45, 2.75) is 19.8 Å². The Morgan fingerprint density at radius 1 is 0.975 bits per heavy atom. The van der Waals surface area contributed by atoms with Gasteiger partial charge < -0.3 is 19.8 Å². The number of nitrogens with zero attached hydrogens (tertiary/aromatic N) is 4. The third-order valence-corrected chi connectivity index (χ3v) is 6.45. The summed E-state index contributed by atoms with van der Waals surface area (Å²) in [6.45, 7) is 1.73. The Hall–Kier alpha value is -5.32. The van der Waals surface area contributed by atoms with Crippen LogP contribution in [0.3, 0.4) is 0 Å². The molecule has 0 radical (unpaired) electrons. The number of hydrogen-bond donors (Lipinski definition) is 2. The van der Waals surface area contributed by atoms with Crippen LogP contribution < -0.4 is 20.9 Å². The van der Waals surface area contributed by atoms with Gasteiger partial charge in [-0.25, -0.2) is 14.4 Å². The van der Waals surface area contributed by atoms with Crippen LogP contribution in [0.15, 0.2) is 84.0 Å². The van der Waals surface area contributed by atoms with Crippen molar-refractivity contribution < 1.29 is 18.7 Å². The van der Waals surface area contributed by atoms with Crippen LogP contribution >= 0.6 is 0 Å². The van der Waals surface area contributed by atoms with Gasteiger partial charge in [-0.2, -0.15) is 0 Å².